The van der Waals surface area contributed by atoms with Gasteiger partial charge in [-0.1, -0.05) is 5.16 Å². The largest absolute Gasteiger partial charge is 0.372 e. The van der Waals surface area contributed by atoms with Crippen LogP contribution in [0.4, 0.5) is 0 Å². The van der Waals surface area contributed by atoms with Gasteiger partial charge in [0.25, 0.3) is 0 Å². The van der Waals surface area contributed by atoms with Crippen LogP contribution < -0.4 is 4.72 Å². The van der Waals surface area contributed by atoms with E-state index in [0.717, 1.165) is 50.5 Å². The standard InChI is InChI=1S/C14H23N3O4S/c1-11-7-13(16-21-11)8-17-9-14(10-17)12(4-6-20-14)3-5-15-22(2,18)19/h7,12,15H,3-6,8-10H2,1-2H3/t12-/m0/s1. The number of likely N-dealkylation sites (tertiary alicyclic amines) is 1. The number of sulfonamides is 1. The van der Waals surface area contributed by atoms with Crippen molar-refractivity contribution in [2.75, 3.05) is 32.5 Å². The van der Waals surface area contributed by atoms with E-state index in [0.29, 0.717) is 12.5 Å². The van der Waals surface area contributed by atoms with Gasteiger partial charge >= 0.3 is 0 Å². The molecule has 2 aliphatic heterocycles. The molecule has 7 nitrogen and oxygen atoms in total. The molecule has 3 heterocycles. The highest BCUT2D eigenvalue weighted by Crippen LogP contribution is 2.41. The summed E-state index contributed by atoms with van der Waals surface area (Å²) in [5, 5.41) is 4.01. The van der Waals surface area contributed by atoms with E-state index in [4.69, 9.17) is 9.26 Å². The predicted molar refractivity (Wildman–Crippen MR) is 80.8 cm³/mol. The Labute approximate surface area is 131 Å². The zero-order valence-electron chi connectivity index (χ0n) is 13.0. The van der Waals surface area contributed by atoms with E-state index in [1.165, 1.54) is 6.26 Å². The quantitative estimate of drug-likeness (QED) is 0.819. The zero-order chi connectivity index (χ0) is 15.8. The van der Waals surface area contributed by atoms with E-state index in [1.807, 2.05) is 13.0 Å². The SMILES string of the molecule is Cc1cc(CN2CC3(C2)OCC[C@@H]3CCNS(C)(=O)=O)no1. The van der Waals surface area contributed by atoms with Gasteiger partial charge in [0.2, 0.25) is 10.0 Å². The van der Waals surface area contributed by atoms with Gasteiger partial charge in [0, 0.05) is 38.9 Å². The molecule has 0 saturated carbocycles. The fourth-order valence-electron chi connectivity index (χ4n) is 3.50. The van der Waals surface area contributed by atoms with Crippen molar-refractivity contribution >= 4 is 10.0 Å². The Kier molecular flexibility index (Phi) is 4.28. The number of aromatic nitrogens is 1. The minimum absolute atomic E-state index is 0.0992. The first-order valence-corrected chi connectivity index (χ1v) is 9.49. The van der Waals surface area contributed by atoms with Crippen LogP contribution in [0.5, 0.6) is 0 Å². The molecule has 0 amide bonds. The molecule has 8 heteroatoms. The molecule has 124 valence electrons. The van der Waals surface area contributed by atoms with Crippen LogP contribution >= 0.6 is 0 Å². The molecule has 0 unspecified atom stereocenters. The molecule has 0 aromatic carbocycles. The lowest BCUT2D eigenvalue weighted by Crippen LogP contribution is -2.64. The summed E-state index contributed by atoms with van der Waals surface area (Å²) in [6.07, 6.45) is 3.02. The summed E-state index contributed by atoms with van der Waals surface area (Å²) in [7, 11) is -3.11. The number of rotatable bonds is 6. The Balaban J connectivity index is 1.49. The molecule has 0 aliphatic carbocycles. The molecule has 3 rings (SSSR count). The smallest absolute Gasteiger partial charge is 0.208 e. The van der Waals surface area contributed by atoms with Gasteiger partial charge in [-0.2, -0.15) is 0 Å². The lowest BCUT2D eigenvalue weighted by atomic mass is 9.79. The van der Waals surface area contributed by atoms with Crippen LogP contribution in [0.2, 0.25) is 0 Å². The van der Waals surface area contributed by atoms with Crippen LogP contribution in [-0.2, 0) is 21.3 Å². The van der Waals surface area contributed by atoms with E-state index in [1.54, 1.807) is 0 Å². The summed E-state index contributed by atoms with van der Waals surface area (Å²) in [5.41, 5.74) is 0.846. The molecule has 1 spiro atoms. The molecule has 1 N–H and O–H groups in total. The average molecular weight is 329 g/mol. The number of hydrogen-bond donors (Lipinski definition) is 1. The monoisotopic (exact) mass is 329 g/mol. The van der Waals surface area contributed by atoms with Crippen LogP contribution in [0, 0.1) is 12.8 Å². The van der Waals surface area contributed by atoms with Crippen molar-refractivity contribution in [3.63, 3.8) is 0 Å². The van der Waals surface area contributed by atoms with Crippen molar-refractivity contribution < 1.29 is 17.7 Å². The third-order valence-corrected chi connectivity index (χ3v) is 5.23. The Hall–Kier alpha value is -0.960. The third kappa shape index (κ3) is 3.51. The van der Waals surface area contributed by atoms with Crippen molar-refractivity contribution in [3.05, 3.63) is 17.5 Å². The van der Waals surface area contributed by atoms with Gasteiger partial charge in [-0.25, -0.2) is 13.1 Å². The average Bonchev–Trinajstić information content (AvgIpc) is 2.95. The van der Waals surface area contributed by atoms with Crippen LogP contribution in [-0.4, -0.2) is 56.6 Å². The van der Waals surface area contributed by atoms with Gasteiger partial charge in [-0.05, 0) is 25.7 Å². The van der Waals surface area contributed by atoms with E-state index < -0.39 is 10.0 Å². The normalized spacial score (nSPS) is 24.7. The second kappa shape index (κ2) is 5.92. The van der Waals surface area contributed by atoms with Gasteiger partial charge in [0.15, 0.2) is 0 Å². The van der Waals surface area contributed by atoms with E-state index >= 15 is 0 Å². The third-order valence-electron chi connectivity index (χ3n) is 4.50. The summed E-state index contributed by atoms with van der Waals surface area (Å²) in [5.74, 6) is 1.24. The Morgan fingerprint density at radius 3 is 2.91 bits per heavy atom. The number of hydrogen-bond acceptors (Lipinski definition) is 6. The summed E-state index contributed by atoms with van der Waals surface area (Å²) >= 11 is 0. The van der Waals surface area contributed by atoms with Crippen molar-refractivity contribution in [1.82, 2.24) is 14.8 Å². The predicted octanol–water partition coefficient (Wildman–Crippen LogP) is 0.513. The summed E-state index contributed by atoms with van der Waals surface area (Å²) < 4.78 is 35.9. The highest BCUT2D eigenvalue weighted by molar-refractivity contribution is 7.88. The van der Waals surface area contributed by atoms with Gasteiger partial charge in [-0.3, -0.25) is 4.90 Å². The number of aryl methyl sites for hydroxylation is 1. The Morgan fingerprint density at radius 1 is 1.50 bits per heavy atom. The zero-order valence-corrected chi connectivity index (χ0v) is 13.9. The Bertz CT molecular complexity index is 622. The fourth-order valence-corrected chi connectivity index (χ4v) is 3.99. The summed E-state index contributed by atoms with van der Waals surface area (Å²) in [6.45, 7) is 5.66. The van der Waals surface area contributed by atoms with Gasteiger partial charge in [-0.15, -0.1) is 0 Å². The molecule has 0 radical (unpaired) electrons. The lowest BCUT2D eigenvalue weighted by Gasteiger charge is -2.50. The second-order valence-electron chi connectivity index (χ2n) is 6.43. The van der Waals surface area contributed by atoms with Crippen molar-refractivity contribution in [1.29, 1.82) is 0 Å². The number of ether oxygens (including phenoxy) is 1. The highest BCUT2D eigenvalue weighted by Gasteiger charge is 2.52. The minimum Gasteiger partial charge on any atom is -0.372 e. The fraction of sp³-hybridized carbons (Fsp3) is 0.786. The summed E-state index contributed by atoms with van der Waals surface area (Å²) in [4.78, 5) is 2.29. The topological polar surface area (TPSA) is 84.7 Å². The minimum atomic E-state index is -3.11. The second-order valence-corrected chi connectivity index (χ2v) is 8.26. The first-order valence-electron chi connectivity index (χ1n) is 7.59. The van der Waals surface area contributed by atoms with Crippen LogP contribution in [0.1, 0.15) is 24.3 Å². The van der Waals surface area contributed by atoms with Crippen LogP contribution in [0.25, 0.3) is 0 Å². The van der Waals surface area contributed by atoms with Crippen molar-refractivity contribution in [2.24, 2.45) is 5.92 Å². The molecule has 1 atom stereocenters. The first kappa shape index (κ1) is 15.9. The van der Waals surface area contributed by atoms with Crippen molar-refractivity contribution in [3.8, 4) is 0 Å². The molecule has 2 fully saturated rings. The molecule has 22 heavy (non-hydrogen) atoms. The molecule has 2 aliphatic rings. The van der Waals surface area contributed by atoms with E-state index in [-0.39, 0.29) is 5.60 Å². The Morgan fingerprint density at radius 2 is 2.27 bits per heavy atom. The highest BCUT2D eigenvalue weighted by atomic mass is 32.2. The maximum absolute atomic E-state index is 11.1. The van der Waals surface area contributed by atoms with Gasteiger partial charge < -0.3 is 9.26 Å². The van der Waals surface area contributed by atoms with Crippen molar-refractivity contribution in [2.45, 2.75) is 31.9 Å². The molecule has 1 aromatic rings. The van der Waals surface area contributed by atoms with Gasteiger partial charge in [0.05, 0.1) is 17.6 Å². The molecular weight excluding hydrogens is 306 g/mol. The number of nitrogens with zero attached hydrogens (tertiary/aromatic N) is 2. The molecule has 1 aromatic heterocycles. The molecule has 2 saturated heterocycles. The maximum atomic E-state index is 11.1. The maximum Gasteiger partial charge on any atom is 0.208 e. The summed E-state index contributed by atoms with van der Waals surface area (Å²) in [6, 6.07) is 1.95. The molecular formula is C14H23N3O4S. The number of nitrogens with one attached hydrogen (secondary N) is 1. The lowest BCUT2D eigenvalue weighted by molar-refractivity contribution is -0.137. The first-order chi connectivity index (χ1) is 10.4. The molecule has 0 bridgehead atoms. The van der Waals surface area contributed by atoms with Crippen LogP contribution in [0.15, 0.2) is 10.6 Å². The van der Waals surface area contributed by atoms with Gasteiger partial charge in [0.1, 0.15) is 5.76 Å². The van der Waals surface area contributed by atoms with Crippen LogP contribution in [0.3, 0.4) is 0 Å². The van der Waals surface area contributed by atoms with E-state index in [9.17, 15) is 8.42 Å². The van der Waals surface area contributed by atoms with E-state index in [2.05, 4.69) is 14.8 Å².